The maximum atomic E-state index is 11.1. The van der Waals surface area contributed by atoms with E-state index >= 15 is 0 Å². The zero-order valence-electron chi connectivity index (χ0n) is 14.9. The molecular weight excluding hydrogens is 428 g/mol. The molecule has 0 aromatic heterocycles. The van der Waals surface area contributed by atoms with Gasteiger partial charge >= 0.3 is 17.6 Å². The molecule has 154 valence electrons. The lowest BCUT2D eigenvalue weighted by Crippen LogP contribution is -2.05. The van der Waals surface area contributed by atoms with Crippen LogP contribution in [-0.2, 0) is 11.2 Å². The number of hydrogen-bond acceptors (Lipinski definition) is 8. The lowest BCUT2D eigenvalue weighted by Gasteiger charge is -2.04. The monoisotopic (exact) mass is 442 g/mol. The number of nitro groups is 2. The van der Waals surface area contributed by atoms with Crippen LogP contribution >= 0.6 is 11.8 Å². The SMILES string of the molecule is CSc1ccc(C(=O)O)cc1[N+](=O)[O-].C[S+]([O-])c1ccc(C(=O)O)cc1[N+](=O)[O-]. The molecule has 2 N–H and O–H groups in total. The number of rotatable bonds is 6. The number of nitrogens with zero attached hydrogens (tertiary/aromatic N) is 2. The first-order valence-electron chi connectivity index (χ1n) is 7.40. The molecule has 1 unspecified atom stereocenters. The van der Waals surface area contributed by atoms with Crippen molar-refractivity contribution in [2.45, 2.75) is 9.79 Å². The fourth-order valence-corrected chi connectivity index (χ4v) is 3.24. The van der Waals surface area contributed by atoms with E-state index in [1.54, 1.807) is 6.26 Å². The summed E-state index contributed by atoms with van der Waals surface area (Å²) in [7, 11) is 0. The van der Waals surface area contributed by atoms with Gasteiger partial charge in [0.25, 0.3) is 5.69 Å². The average molecular weight is 442 g/mol. The van der Waals surface area contributed by atoms with Crippen molar-refractivity contribution in [3.63, 3.8) is 0 Å². The molecule has 0 amide bonds. The first-order chi connectivity index (χ1) is 13.5. The van der Waals surface area contributed by atoms with Crippen LogP contribution in [0.1, 0.15) is 20.7 Å². The molecule has 2 rings (SSSR count). The Hall–Kier alpha value is -3.16. The van der Waals surface area contributed by atoms with Gasteiger partial charge in [-0.25, -0.2) is 9.59 Å². The van der Waals surface area contributed by atoms with Crippen molar-refractivity contribution < 1.29 is 34.2 Å². The van der Waals surface area contributed by atoms with Gasteiger partial charge in [-0.2, -0.15) is 0 Å². The molecule has 2 aromatic rings. The van der Waals surface area contributed by atoms with Crippen molar-refractivity contribution in [3.8, 4) is 0 Å². The molecule has 0 aliphatic carbocycles. The highest BCUT2D eigenvalue weighted by Crippen LogP contribution is 2.28. The van der Waals surface area contributed by atoms with Gasteiger partial charge in [0.05, 0.1) is 25.9 Å². The normalized spacial score (nSPS) is 11.0. The van der Waals surface area contributed by atoms with E-state index in [2.05, 4.69) is 0 Å². The number of carbonyl (C=O) groups is 2. The smallest absolute Gasteiger partial charge is 0.335 e. The van der Waals surface area contributed by atoms with E-state index in [0.717, 1.165) is 12.1 Å². The third-order valence-electron chi connectivity index (χ3n) is 3.33. The van der Waals surface area contributed by atoms with Crippen LogP contribution in [0.3, 0.4) is 0 Å². The molecule has 29 heavy (non-hydrogen) atoms. The molecule has 13 heteroatoms. The number of benzene rings is 2. The summed E-state index contributed by atoms with van der Waals surface area (Å²) in [6.45, 7) is 0. The van der Waals surface area contributed by atoms with E-state index in [0.29, 0.717) is 4.90 Å². The summed E-state index contributed by atoms with van der Waals surface area (Å²) in [5.41, 5.74) is -0.876. The van der Waals surface area contributed by atoms with Crippen LogP contribution in [0, 0.1) is 20.2 Å². The molecule has 0 saturated heterocycles. The van der Waals surface area contributed by atoms with E-state index in [-0.39, 0.29) is 21.7 Å². The van der Waals surface area contributed by atoms with Gasteiger partial charge in [-0.15, -0.1) is 11.8 Å². The second kappa shape index (κ2) is 10.4. The standard InChI is InChI=1S/C8H7NO5S.C8H7NO4S/c1-15(14)7-3-2-5(8(10)11)4-6(7)9(12)13;1-14-7-3-2-5(8(10)11)4-6(7)9(12)13/h2-4H,1H3,(H,10,11);2-4H,1H3,(H,10,11). The highest BCUT2D eigenvalue weighted by molar-refractivity contribution is 7.98. The Kier molecular flexibility index (Phi) is 8.57. The first-order valence-corrected chi connectivity index (χ1v) is 10.2. The molecule has 0 radical (unpaired) electrons. The van der Waals surface area contributed by atoms with Gasteiger partial charge in [0.1, 0.15) is 6.26 Å². The maximum absolute atomic E-state index is 11.1. The number of thioether (sulfide) groups is 1. The van der Waals surface area contributed by atoms with Crippen LogP contribution < -0.4 is 0 Å². The molecule has 0 spiro atoms. The van der Waals surface area contributed by atoms with Gasteiger partial charge in [-0.3, -0.25) is 20.2 Å². The maximum Gasteiger partial charge on any atom is 0.335 e. The van der Waals surface area contributed by atoms with E-state index in [4.69, 9.17) is 10.2 Å². The second-order valence-electron chi connectivity index (χ2n) is 5.15. The zero-order chi connectivity index (χ0) is 22.3. The summed E-state index contributed by atoms with van der Waals surface area (Å²) in [6, 6.07) is 7.13. The summed E-state index contributed by atoms with van der Waals surface area (Å²) in [4.78, 5) is 41.4. The Morgan fingerprint density at radius 1 is 0.931 bits per heavy atom. The fourth-order valence-electron chi connectivity index (χ4n) is 2.00. The van der Waals surface area contributed by atoms with Crippen LogP contribution in [-0.4, -0.2) is 49.1 Å². The minimum absolute atomic E-state index is 0.0185. The third-order valence-corrected chi connectivity index (χ3v) is 5.08. The Labute approximate surface area is 170 Å². The van der Waals surface area contributed by atoms with Gasteiger partial charge in [0.2, 0.25) is 4.90 Å². The highest BCUT2D eigenvalue weighted by Gasteiger charge is 2.23. The summed E-state index contributed by atoms with van der Waals surface area (Å²) in [5, 5.41) is 38.4. The van der Waals surface area contributed by atoms with E-state index in [9.17, 15) is 34.4 Å². The summed E-state index contributed by atoms with van der Waals surface area (Å²) in [5.74, 6) is -2.42. The molecule has 0 bridgehead atoms. The summed E-state index contributed by atoms with van der Waals surface area (Å²) in [6.07, 6.45) is 2.99. The molecule has 0 aliphatic rings. The lowest BCUT2D eigenvalue weighted by molar-refractivity contribution is -0.388. The predicted octanol–water partition coefficient (Wildman–Crippen LogP) is 3.05. The Bertz CT molecular complexity index is 963. The quantitative estimate of drug-likeness (QED) is 0.291. The number of carboxylic acid groups (broad SMARTS) is 2. The van der Waals surface area contributed by atoms with Crippen molar-refractivity contribution >= 4 is 46.3 Å². The van der Waals surface area contributed by atoms with Crippen LogP contribution in [0.15, 0.2) is 46.2 Å². The lowest BCUT2D eigenvalue weighted by atomic mass is 10.2. The molecule has 0 fully saturated rings. The topological polar surface area (TPSA) is 184 Å². The molecule has 2 aromatic carbocycles. The predicted molar refractivity (Wildman–Crippen MR) is 104 cm³/mol. The third kappa shape index (κ3) is 6.44. The van der Waals surface area contributed by atoms with Gasteiger partial charge in [0.15, 0.2) is 0 Å². The Morgan fingerprint density at radius 3 is 1.76 bits per heavy atom. The zero-order valence-corrected chi connectivity index (χ0v) is 16.6. The number of aromatic carboxylic acids is 2. The minimum atomic E-state index is -1.52. The summed E-state index contributed by atoms with van der Waals surface area (Å²) < 4.78 is 11.1. The van der Waals surface area contributed by atoms with Crippen molar-refractivity contribution in [1.29, 1.82) is 0 Å². The Balaban J connectivity index is 0.000000291. The van der Waals surface area contributed by atoms with Crippen molar-refractivity contribution in [3.05, 3.63) is 67.8 Å². The van der Waals surface area contributed by atoms with Crippen molar-refractivity contribution in [2.24, 2.45) is 0 Å². The second-order valence-corrected chi connectivity index (χ2v) is 7.34. The molecule has 0 heterocycles. The highest BCUT2D eigenvalue weighted by atomic mass is 32.2. The number of carboxylic acids is 2. The van der Waals surface area contributed by atoms with Crippen molar-refractivity contribution in [2.75, 3.05) is 12.5 Å². The minimum Gasteiger partial charge on any atom is -0.611 e. The number of hydrogen-bond donors (Lipinski definition) is 2. The van der Waals surface area contributed by atoms with E-state index in [1.807, 2.05) is 0 Å². The molecule has 0 saturated carbocycles. The summed E-state index contributed by atoms with van der Waals surface area (Å²) >= 11 is -0.308. The average Bonchev–Trinajstić information content (AvgIpc) is 2.67. The van der Waals surface area contributed by atoms with E-state index in [1.165, 1.54) is 42.3 Å². The van der Waals surface area contributed by atoms with Gasteiger partial charge in [0, 0.05) is 18.2 Å². The van der Waals surface area contributed by atoms with Gasteiger partial charge in [-0.05, 0) is 35.6 Å². The molecule has 11 nitrogen and oxygen atoms in total. The fraction of sp³-hybridized carbons (Fsp3) is 0.125. The van der Waals surface area contributed by atoms with Crippen molar-refractivity contribution in [1.82, 2.24) is 0 Å². The first kappa shape index (κ1) is 23.9. The molecule has 0 aliphatic heterocycles. The Morgan fingerprint density at radius 2 is 1.38 bits per heavy atom. The van der Waals surface area contributed by atoms with Crippen LogP contribution in [0.5, 0.6) is 0 Å². The number of nitro benzene ring substituents is 2. The van der Waals surface area contributed by atoms with Crippen LogP contribution in [0.2, 0.25) is 0 Å². The van der Waals surface area contributed by atoms with E-state index < -0.39 is 38.6 Å². The van der Waals surface area contributed by atoms with Gasteiger partial charge < -0.3 is 14.8 Å². The molecular formula is C16H14N2O9S2. The van der Waals surface area contributed by atoms with Crippen LogP contribution in [0.4, 0.5) is 11.4 Å². The molecule has 1 atom stereocenters. The van der Waals surface area contributed by atoms with Gasteiger partial charge in [-0.1, -0.05) is 0 Å². The van der Waals surface area contributed by atoms with Crippen LogP contribution in [0.25, 0.3) is 0 Å². The largest absolute Gasteiger partial charge is 0.611 e.